The van der Waals surface area contributed by atoms with E-state index in [4.69, 9.17) is 22.9 Å². The van der Waals surface area contributed by atoms with Crippen molar-refractivity contribution in [3.8, 4) is 0 Å². The number of imide groups is 1. The van der Waals surface area contributed by atoms with Crippen LogP contribution in [0, 0.1) is 0 Å². The van der Waals surface area contributed by atoms with Gasteiger partial charge in [-0.25, -0.2) is 4.79 Å². The van der Waals surface area contributed by atoms with E-state index in [1.807, 2.05) is 6.92 Å². The van der Waals surface area contributed by atoms with Crippen molar-refractivity contribution in [1.29, 1.82) is 0 Å². The molecule has 9 N–H and O–H groups in total. The third-order valence-corrected chi connectivity index (χ3v) is 8.34. The van der Waals surface area contributed by atoms with E-state index in [2.05, 4.69) is 6.92 Å². The Morgan fingerprint density at radius 1 is 0.605 bits per heavy atom. The average Bonchev–Trinajstić information content (AvgIpc) is 2.98. The first-order chi connectivity index (χ1) is 20.6. The Labute approximate surface area is 261 Å². The van der Waals surface area contributed by atoms with Gasteiger partial charge in [0.15, 0.2) is 5.78 Å². The van der Waals surface area contributed by atoms with Gasteiger partial charge in [0.1, 0.15) is 0 Å². The molecular formula is C33H65N5O5. The summed E-state index contributed by atoms with van der Waals surface area (Å²) in [6, 6.07) is -2.27. The number of carboxylic acid groups (broad SMARTS) is 1. The van der Waals surface area contributed by atoms with Crippen LogP contribution in [0.1, 0.15) is 155 Å². The van der Waals surface area contributed by atoms with Crippen molar-refractivity contribution in [1.82, 2.24) is 4.90 Å². The van der Waals surface area contributed by atoms with E-state index >= 15 is 0 Å². The molecule has 0 heterocycles. The summed E-state index contributed by atoms with van der Waals surface area (Å²) in [6.45, 7) is 4.77. The smallest absolute Gasteiger partial charge is 0.337 e. The molecule has 10 heteroatoms. The van der Waals surface area contributed by atoms with Crippen LogP contribution in [-0.4, -0.2) is 64.3 Å². The van der Waals surface area contributed by atoms with Gasteiger partial charge in [0, 0.05) is 6.42 Å². The van der Waals surface area contributed by atoms with Gasteiger partial charge in [-0.15, -0.1) is 0 Å². The molecule has 0 aliphatic rings. The van der Waals surface area contributed by atoms with E-state index in [-0.39, 0.29) is 32.1 Å². The van der Waals surface area contributed by atoms with Crippen LogP contribution in [0.4, 0.5) is 0 Å². The van der Waals surface area contributed by atoms with Crippen LogP contribution in [0.25, 0.3) is 0 Å². The van der Waals surface area contributed by atoms with E-state index in [0.717, 1.165) is 25.7 Å². The summed E-state index contributed by atoms with van der Waals surface area (Å²) in [5.74, 6) is -3.92. The second-order valence-electron chi connectivity index (χ2n) is 12.1. The number of hydrogen-bond donors (Lipinski definition) is 5. The summed E-state index contributed by atoms with van der Waals surface area (Å²) >= 11 is 0. The lowest BCUT2D eigenvalue weighted by Gasteiger charge is -2.40. The van der Waals surface area contributed by atoms with Gasteiger partial charge < -0.3 is 28.0 Å². The average molecular weight is 612 g/mol. The second-order valence-corrected chi connectivity index (χ2v) is 12.1. The van der Waals surface area contributed by atoms with Crippen molar-refractivity contribution in [2.24, 2.45) is 22.9 Å². The highest BCUT2D eigenvalue weighted by Gasteiger charge is 2.55. The number of carbonyl (C=O) groups is 4. The Kier molecular flexibility index (Phi) is 24.3. The SMILES string of the molecule is CCCCCCCCCCCCCCCC(=O)C(CCCCN)(C(=O)O)N(C(=O)C(N)CCC)C(=O)C(N)CCCCN. The number of unbranched alkanes of at least 4 members (excludes halogenated alkanes) is 14. The lowest BCUT2D eigenvalue weighted by molar-refractivity contribution is -0.172. The molecule has 0 radical (unpaired) electrons. The third-order valence-electron chi connectivity index (χ3n) is 8.34. The van der Waals surface area contributed by atoms with Crippen LogP contribution in [0.3, 0.4) is 0 Å². The molecule has 0 bridgehead atoms. The van der Waals surface area contributed by atoms with Gasteiger partial charge in [-0.05, 0) is 58.0 Å². The molecule has 0 saturated carbocycles. The van der Waals surface area contributed by atoms with Gasteiger partial charge in [0.2, 0.25) is 17.4 Å². The lowest BCUT2D eigenvalue weighted by Crippen LogP contribution is -2.68. The zero-order valence-electron chi connectivity index (χ0n) is 27.5. The Balaban J connectivity index is 5.56. The summed E-state index contributed by atoms with van der Waals surface area (Å²) < 4.78 is 0. The zero-order valence-corrected chi connectivity index (χ0v) is 27.5. The van der Waals surface area contributed by atoms with Gasteiger partial charge in [-0.2, -0.15) is 0 Å². The Bertz CT molecular complexity index is 781. The molecule has 3 atom stereocenters. The molecule has 2 amide bonds. The number of nitrogens with two attached hydrogens (primary N) is 4. The number of aliphatic carboxylic acids is 1. The van der Waals surface area contributed by atoms with Crippen LogP contribution in [-0.2, 0) is 19.2 Å². The number of amides is 2. The highest BCUT2D eigenvalue weighted by molar-refractivity contribution is 6.16. The van der Waals surface area contributed by atoms with Crippen molar-refractivity contribution < 1.29 is 24.3 Å². The van der Waals surface area contributed by atoms with Crippen LogP contribution < -0.4 is 22.9 Å². The number of carboxylic acids is 1. The number of carbonyl (C=O) groups excluding carboxylic acids is 3. The van der Waals surface area contributed by atoms with E-state index in [0.29, 0.717) is 50.1 Å². The maximum Gasteiger partial charge on any atom is 0.337 e. The topological polar surface area (TPSA) is 196 Å². The first-order valence-electron chi connectivity index (χ1n) is 17.2. The summed E-state index contributed by atoms with van der Waals surface area (Å²) in [7, 11) is 0. The molecule has 0 fully saturated rings. The molecule has 3 unspecified atom stereocenters. The standard InChI is InChI=1S/C33H65N5O5/c1-3-5-6-7-8-9-10-11-12-13-14-15-16-23-29(39)33(32(42)43,24-18-20-26-35)38(30(40)27(36)21-4-2)31(41)28(37)22-17-19-25-34/h27-28H,3-26,34-37H2,1-2H3,(H,42,43). The molecule has 43 heavy (non-hydrogen) atoms. The zero-order chi connectivity index (χ0) is 32.5. The maximum atomic E-state index is 13.9. The van der Waals surface area contributed by atoms with E-state index in [9.17, 15) is 24.3 Å². The normalized spacial score (nSPS) is 14.2. The molecule has 0 aromatic heterocycles. The van der Waals surface area contributed by atoms with Crippen molar-refractivity contribution in [3.05, 3.63) is 0 Å². The van der Waals surface area contributed by atoms with Crippen LogP contribution in [0.2, 0.25) is 0 Å². The van der Waals surface area contributed by atoms with Crippen LogP contribution >= 0.6 is 0 Å². The fourth-order valence-electron chi connectivity index (χ4n) is 5.62. The predicted octanol–water partition coefficient (Wildman–Crippen LogP) is 4.93. The molecule has 0 spiro atoms. The molecule has 0 aliphatic carbocycles. The molecule has 0 aromatic rings. The van der Waals surface area contributed by atoms with Crippen molar-refractivity contribution in [2.75, 3.05) is 13.1 Å². The molecular weight excluding hydrogens is 546 g/mol. The van der Waals surface area contributed by atoms with Gasteiger partial charge in [-0.3, -0.25) is 19.3 Å². The molecule has 0 aromatic carbocycles. The van der Waals surface area contributed by atoms with Gasteiger partial charge in [-0.1, -0.05) is 104 Å². The highest BCUT2D eigenvalue weighted by Crippen LogP contribution is 2.30. The monoisotopic (exact) mass is 611 g/mol. The summed E-state index contributed by atoms with van der Waals surface area (Å²) in [5, 5.41) is 10.6. The minimum Gasteiger partial charge on any atom is -0.479 e. The highest BCUT2D eigenvalue weighted by atomic mass is 16.4. The quantitative estimate of drug-likeness (QED) is 0.0575. The first-order valence-corrected chi connectivity index (χ1v) is 17.2. The largest absolute Gasteiger partial charge is 0.479 e. The fourth-order valence-corrected chi connectivity index (χ4v) is 5.62. The first kappa shape index (κ1) is 41.1. The summed E-state index contributed by atoms with van der Waals surface area (Å²) in [5.41, 5.74) is 21.2. The van der Waals surface area contributed by atoms with Crippen molar-refractivity contribution >= 4 is 23.6 Å². The van der Waals surface area contributed by atoms with Crippen molar-refractivity contribution in [3.63, 3.8) is 0 Å². The number of nitrogens with zero attached hydrogens (tertiary/aromatic N) is 1. The number of Topliss-reactive ketones (excluding diaryl/α,β-unsaturated/α-hetero) is 1. The van der Waals surface area contributed by atoms with Crippen LogP contribution in [0.5, 0.6) is 0 Å². The summed E-state index contributed by atoms with van der Waals surface area (Å²) in [6.07, 6.45) is 17.3. The lowest BCUT2D eigenvalue weighted by atomic mass is 9.82. The minimum atomic E-state index is -2.36. The van der Waals surface area contributed by atoms with E-state index in [1.54, 1.807) is 0 Å². The molecule has 10 nitrogen and oxygen atoms in total. The Morgan fingerprint density at radius 2 is 1.05 bits per heavy atom. The molecule has 0 saturated heterocycles. The minimum absolute atomic E-state index is 0.0465. The Morgan fingerprint density at radius 3 is 1.49 bits per heavy atom. The Hall–Kier alpha value is -1.88. The van der Waals surface area contributed by atoms with Gasteiger partial charge in [0.25, 0.3) is 0 Å². The maximum absolute atomic E-state index is 13.9. The number of rotatable bonds is 29. The summed E-state index contributed by atoms with van der Waals surface area (Å²) in [4.78, 5) is 54.9. The van der Waals surface area contributed by atoms with Crippen LogP contribution in [0.15, 0.2) is 0 Å². The number of ketones is 1. The van der Waals surface area contributed by atoms with E-state index in [1.165, 1.54) is 51.4 Å². The predicted molar refractivity (Wildman–Crippen MR) is 174 cm³/mol. The van der Waals surface area contributed by atoms with Gasteiger partial charge in [0.05, 0.1) is 12.1 Å². The third kappa shape index (κ3) is 15.6. The molecule has 0 rings (SSSR count). The fraction of sp³-hybridized carbons (Fsp3) is 0.879. The number of hydrogen-bond acceptors (Lipinski definition) is 8. The second kappa shape index (κ2) is 25.4. The molecule has 0 aliphatic heterocycles. The molecule has 252 valence electrons. The van der Waals surface area contributed by atoms with Crippen molar-refractivity contribution in [2.45, 2.75) is 173 Å². The van der Waals surface area contributed by atoms with E-state index < -0.39 is 41.2 Å². The van der Waals surface area contributed by atoms with Gasteiger partial charge >= 0.3 is 5.97 Å².